The molecule has 0 aliphatic heterocycles. The van der Waals surface area contributed by atoms with E-state index in [0.29, 0.717) is 11.1 Å². The van der Waals surface area contributed by atoms with E-state index in [-0.39, 0.29) is 0 Å². The van der Waals surface area contributed by atoms with E-state index in [9.17, 15) is 0 Å². The minimum atomic E-state index is -1.60. The highest BCUT2D eigenvalue weighted by Gasteiger charge is 2.38. The molecule has 0 aliphatic rings. The SMILES string of the molecule is CCCC(/C=C/I)O[Si](C)(C)C(C)(C)C. The van der Waals surface area contributed by atoms with Gasteiger partial charge in [-0.25, -0.2) is 0 Å². The van der Waals surface area contributed by atoms with Crippen molar-refractivity contribution in [3.05, 3.63) is 10.2 Å². The third-order valence-corrected chi connectivity index (χ3v) is 8.03. The summed E-state index contributed by atoms with van der Waals surface area (Å²) in [5, 5.41) is 0.304. The lowest BCUT2D eigenvalue weighted by atomic mass is 10.2. The van der Waals surface area contributed by atoms with E-state index in [4.69, 9.17) is 4.43 Å². The van der Waals surface area contributed by atoms with E-state index in [0.717, 1.165) is 6.42 Å². The van der Waals surface area contributed by atoms with Gasteiger partial charge in [-0.2, -0.15) is 0 Å². The summed E-state index contributed by atoms with van der Waals surface area (Å²) in [4.78, 5) is 0. The van der Waals surface area contributed by atoms with Crippen LogP contribution in [0.3, 0.4) is 0 Å². The van der Waals surface area contributed by atoms with Gasteiger partial charge in [0.2, 0.25) is 0 Å². The molecule has 0 aliphatic carbocycles. The number of rotatable bonds is 5. The van der Waals surface area contributed by atoms with Gasteiger partial charge in [-0.1, -0.05) is 62.8 Å². The van der Waals surface area contributed by atoms with Gasteiger partial charge in [0.05, 0.1) is 6.10 Å². The maximum atomic E-state index is 6.33. The summed E-state index contributed by atoms with van der Waals surface area (Å²) >= 11 is 2.27. The quantitative estimate of drug-likeness (QED) is 0.498. The van der Waals surface area contributed by atoms with Gasteiger partial charge in [0.1, 0.15) is 0 Å². The second-order valence-electron chi connectivity index (χ2n) is 5.52. The molecule has 0 amide bonds. The van der Waals surface area contributed by atoms with Crippen LogP contribution in [0.25, 0.3) is 0 Å². The fourth-order valence-corrected chi connectivity index (χ4v) is 2.89. The Morgan fingerprint density at radius 1 is 1.33 bits per heavy atom. The van der Waals surface area contributed by atoms with Gasteiger partial charge in [0, 0.05) is 0 Å². The van der Waals surface area contributed by atoms with Crippen LogP contribution in [0.1, 0.15) is 40.5 Å². The van der Waals surface area contributed by atoms with Crippen molar-refractivity contribution in [2.75, 3.05) is 0 Å². The van der Waals surface area contributed by atoms with Crippen molar-refractivity contribution in [3.8, 4) is 0 Å². The lowest BCUT2D eigenvalue weighted by Gasteiger charge is -2.38. The van der Waals surface area contributed by atoms with Crippen molar-refractivity contribution >= 4 is 30.9 Å². The van der Waals surface area contributed by atoms with Crippen LogP contribution < -0.4 is 0 Å². The zero-order valence-electron chi connectivity index (χ0n) is 10.9. The van der Waals surface area contributed by atoms with Crippen molar-refractivity contribution in [3.63, 3.8) is 0 Å². The Hall–Kier alpha value is 0.647. The molecule has 0 rings (SSSR count). The molecule has 0 N–H and O–H groups in total. The Labute approximate surface area is 110 Å². The second kappa shape index (κ2) is 6.40. The van der Waals surface area contributed by atoms with E-state index in [1.54, 1.807) is 0 Å². The number of halogens is 1. The summed E-state index contributed by atoms with van der Waals surface area (Å²) in [7, 11) is -1.60. The van der Waals surface area contributed by atoms with Crippen LogP contribution in [0.2, 0.25) is 18.1 Å². The Bertz CT molecular complexity index is 206. The van der Waals surface area contributed by atoms with Gasteiger partial charge >= 0.3 is 0 Å². The lowest BCUT2D eigenvalue weighted by Crippen LogP contribution is -2.43. The topological polar surface area (TPSA) is 9.23 Å². The number of hydrogen-bond acceptors (Lipinski definition) is 1. The number of hydrogen-bond donors (Lipinski definition) is 0. The molecule has 0 spiro atoms. The molecule has 1 unspecified atom stereocenters. The van der Waals surface area contributed by atoms with Crippen molar-refractivity contribution in [1.82, 2.24) is 0 Å². The average molecular weight is 340 g/mol. The molecule has 0 aromatic carbocycles. The molecular formula is C12H25IOSi. The molecule has 0 radical (unpaired) electrons. The predicted molar refractivity (Wildman–Crippen MR) is 80.1 cm³/mol. The summed E-state index contributed by atoms with van der Waals surface area (Å²) in [5.74, 6) is 0. The molecule has 0 bridgehead atoms. The Kier molecular flexibility index (Phi) is 6.67. The van der Waals surface area contributed by atoms with Crippen LogP contribution in [0.15, 0.2) is 10.2 Å². The minimum absolute atomic E-state index is 0.304. The maximum absolute atomic E-state index is 6.33. The van der Waals surface area contributed by atoms with Crippen LogP contribution in [-0.2, 0) is 4.43 Å². The molecule has 90 valence electrons. The monoisotopic (exact) mass is 340 g/mol. The Balaban J connectivity index is 4.51. The van der Waals surface area contributed by atoms with E-state index in [1.807, 2.05) is 0 Å². The average Bonchev–Trinajstić information content (AvgIpc) is 2.02. The Morgan fingerprint density at radius 2 is 1.87 bits per heavy atom. The first kappa shape index (κ1) is 15.6. The molecule has 0 heterocycles. The molecule has 0 aromatic rings. The third kappa shape index (κ3) is 5.50. The minimum Gasteiger partial charge on any atom is -0.411 e. The molecule has 0 aromatic heterocycles. The van der Waals surface area contributed by atoms with Crippen LogP contribution in [-0.4, -0.2) is 14.4 Å². The van der Waals surface area contributed by atoms with Gasteiger partial charge in [0.15, 0.2) is 8.32 Å². The first-order valence-electron chi connectivity index (χ1n) is 5.69. The molecule has 0 saturated carbocycles. The summed E-state index contributed by atoms with van der Waals surface area (Å²) in [5.41, 5.74) is 0. The lowest BCUT2D eigenvalue weighted by molar-refractivity contribution is 0.214. The fourth-order valence-electron chi connectivity index (χ4n) is 1.12. The normalized spacial score (nSPS) is 15.9. The molecule has 15 heavy (non-hydrogen) atoms. The summed E-state index contributed by atoms with van der Waals surface area (Å²) in [6.45, 7) is 13.7. The van der Waals surface area contributed by atoms with E-state index >= 15 is 0 Å². The van der Waals surface area contributed by atoms with Gasteiger partial charge in [0.25, 0.3) is 0 Å². The van der Waals surface area contributed by atoms with Crippen LogP contribution in [0.5, 0.6) is 0 Å². The maximum Gasteiger partial charge on any atom is 0.192 e. The van der Waals surface area contributed by atoms with E-state index < -0.39 is 8.32 Å². The first-order chi connectivity index (χ1) is 6.74. The zero-order chi connectivity index (χ0) is 12.1. The van der Waals surface area contributed by atoms with Crippen LogP contribution in [0.4, 0.5) is 0 Å². The summed E-state index contributed by atoms with van der Waals surface area (Å²) < 4.78 is 8.41. The molecule has 3 heteroatoms. The highest BCUT2D eigenvalue weighted by atomic mass is 127. The van der Waals surface area contributed by atoms with Crippen molar-refractivity contribution in [1.29, 1.82) is 0 Å². The molecular weight excluding hydrogens is 315 g/mol. The molecule has 1 atom stereocenters. The highest BCUT2D eigenvalue weighted by Crippen LogP contribution is 2.37. The molecule has 0 saturated heterocycles. The van der Waals surface area contributed by atoms with Crippen molar-refractivity contribution < 1.29 is 4.43 Å². The van der Waals surface area contributed by atoms with E-state index in [1.165, 1.54) is 6.42 Å². The van der Waals surface area contributed by atoms with Gasteiger partial charge in [-0.05, 0) is 28.6 Å². The molecule has 1 nitrogen and oxygen atoms in total. The standard InChI is InChI=1S/C12H25IOSi/c1-7-8-11(9-10-13)14-15(5,6)12(2,3)4/h9-11H,7-8H2,1-6H3/b10-9+. The largest absolute Gasteiger partial charge is 0.411 e. The summed E-state index contributed by atoms with van der Waals surface area (Å²) in [6.07, 6.45) is 4.81. The summed E-state index contributed by atoms with van der Waals surface area (Å²) in [6, 6.07) is 0. The smallest absolute Gasteiger partial charge is 0.192 e. The third-order valence-electron chi connectivity index (χ3n) is 3.11. The van der Waals surface area contributed by atoms with E-state index in [2.05, 4.69) is 73.5 Å². The van der Waals surface area contributed by atoms with Crippen LogP contribution in [0, 0.1) is 0 Å². The van der Waals surface area contributed by atoms with Gasteiger partial charge < -0.3 is 4.43 Å². The van der Waals surface area contributed by atoms with Crippen molar-refractivity contribution in [2.24, 2.45) is 0 Å². The predicted octanol–water partition coefficient (Wildman–Crippen LogP) is 5.13. The molecule has 0 fully saturated rings. The highest BCUT2D eigenvalue weighted by molar-refractivity contribution is 14.1. The van der Waals surface area contributed by atoms with Gasteiger partial charge in [-0.3, -0.25) is 0 Å². The zero-order valence-corrected chi connectivity index (χ0v) is 14.1. The fraction of sp³-hybridized carbons (Fsp3) is 0.833. The van der Waals surface area contributed by atoms with Crippen LogP contribution >= 0.6 is 22.6 Å². The second-order valence-corrected chi connectivity index (χ2v) is 11.0. The van der Waals surface area contributed by atoms with Gasteiger partial charge in [-0.15, -0.1) is 0 Å². The Morgan fingerprint density at radius 3 is 2.20 bits per heavy atom. The van der Waals surface area contributed by atoms with Crippen molar-refractivity contribution in [2.45, 2.75) is 64.8 Å². The first-order valence-corrected chi connectivity index (χ1v) is 9.84.